The van der Waals surface area contributed by atoms with Gasteiger partial charge in [-0.05, 0) is 43.4 Å². The van der Waals surface area contributed by atoms with E-state index in [1.807, 2.05) is 11.0 Å². The maximum atomic E-state index is 13.8. The van der Waals surface area contributed by atoms with E-state index >= 15 is 0 Å². The molecule has 0 atom stereocenters. The zero-order valence-electron chi connectivity index (χ0n) is 15.9. The van der Waals surface area contributed by atoms with E-state index in [0.717, 1.165) is 0 Å². The van der Waals surface area contributed by atoms with Crippen LogP contribution in [-0.4, -0.2) is 69.2 Å². The van der Waals surface area contributed by atoms with Crippen molar-refractivity contribution >= 4 is 15.9 Å². The number of rotatable bonds is 4. The van der Waals surface area contributed by atoms with Crippen LogP contribution in [0.15, 0.2) is 24.3 Å². The van der Waals surface area contributed by atoms with Crippen LogP contribution < -0.4 is 0 Å². The summed E-state index contributed by atoms with van der Waals surface area (Å²) in [4.78, 5) is 15.3. The van der Waals surface area contributed by atoms with Gasteiger partial charge in [0.05, 0.1) is 11.7 Å². The topological polar surface area (TPSA) is 66.9 Å². The number of sulfonamides is 1. The molecule has 0 bridgehead atoms. The Morgan fingerprint density at radius 2 is 1.89 bits per heavy atom. The van der Waals surface area contributed by atoms with Crippen molar-refractivity contribution in [3.63, 3.8) is 0 Å². The molecule has 6 nitrogen and oxygen atoms in total. The molecular formula is C19H27FN2O4S. The molecule has 0 aromatic heterocycles. The zero-order valence-corrected chi connectivity index (χ0v) is 16.7. The molecule has 27 heavy (non-hydrogen) atoms. The second-order valence-electron chi connectivity index (χ2n) is 7.51. The summed E-state index contributed by atoms with van der Waals surface area (Å²) in [5, 5.41) is 0. The molecule has 0 N–H and O–H groups in total. The smallest absolute Gasteiger partial charge is 0.233 e. The number of carbonyl (C=O) groups excluding carboxylic acids is 1. The zero-order chi connectivity index (χ0) is 19.7. The highest BCUT2D eigenvalue weighted by Gasteiger charge is 2.45. The van der Waals surface area contributed by atoms with Gasteiger partial charge in [0.2, 0.25) is 15.9 Å². The molecule has 8 heteroatoms. The first kappa shape index (κ1) is 20.2. The summed E-state index contributed by atoms with van der Waals surface area (Å²) >= 11 is 0. The molecule has 2 fully saturated rings. The molecular weight excluding hydrogens is 371 g/mol. The minimum Gasteiger partial charge on any atom is -0.381 e. The number of ether oxygens (including phenoxy) is 1. The first-order valence-corrected chi connectivity index (χ1v) is 11.1. The van der Waals surface area contributed by atoms with Crippen LogP contribution in [0.3, 0.4) is 0 Å². The van der Waals surface area contributed by atoms with Crippen molar-refractivity contribution in [3.8, 4) is 0 Å². The lowest BCUT2D eigenvalue weighted by Gasteiger charge is -2.43. The van der Waals surface area contributed by atoms with Crippen molar-refractivity contribution in [3.05, 3.63) is 35.6 Å². The summed E-state index contributed by atoms with van der Waals surface area (Å²) in [7, 11) is -1.66. The van der Waals surface area contributed by atoms with E-state index in [2.05, 4.69) is 0 Å². The molecule has 1 aromatic rings. The van der Waals surface area contributed by atoms with Crippen LogP contribution in [0, 0.1) is 5.82 Å². The third-order valence-corrected chi connectivity index (χ3v) is 7.27. The molecule has 0 unspecified atom stereocenters. The maximum Gasteiger partial charge on any atom is 0.233 e. The first-order chi connectivity index (χ1) is 12.7. The van der Waals surface area contributed by atoms with Crippen LogP contribution in [-0.2, 0) is 25.0 Å². The van der Waals surface area contributed by atoms with Gasteiger partial charge in [-0.2, -0.15) is 0 Å². The van der Waals surface area contributed by atoms with Crippen molar-refractivity contribution in [2.75, 3.05) is 39.6 Å². The SMILES string of the molecule is CN(C1CCN(C(=O)C2(c3cccc(F)c3)CCOCC2)CC1)S(C)(=O)=O. The second-order valence-corrected chi connectivity index (χ2v) is 9.55. The molecule has 2 aliphatic rings. The summed E-state index contributed by atoms with van der Waals surface area (Å²) in [6, 6.07) is 6.20. The normalized spacial score (nSPS) is 21.4. The van der Waals surface area contributed by atoms with E-state index in [9.17, 15) is 17.6 Å². The highest BCUT2D eigenvalue weighted by Crippen LogP contribution is 2.38. The Bertz CT molecular complexity index is 785. The summed E-state index contributed by atoms with van der Waals surface area (Å²) < 4.78 is 44.2. The number of hydrogen-bond donors (Lipinski definition) is 0. The predicted octanol–water partition coefficient (Wildman–Crippen LogP) is 1.76. The summed E-state index contributed by atoms with van der Waals surface area (Å²) in [5.74, 6) is -0.350. The molecule has 1 amide bonds. The predicted molar refractivity (Wildman–Crippen MR) is 100 cm³/mol. The van der Waals surface area contributed by atoms with Gasteiger partial charge in [-0.3, -0.25) is 4.79 Å². The Labute approximate surface area is 160 Å². The fraction of sp³-hybridized carbons (Fsp3) is 0.632. The summed E-state index contributed by atoms with van der Waals surface area (Å²) in [6.07, 6.45) is 3.46. The third kappa shape index (κ3) is 4.17. The van der Waals surface area contributed by atoms with Crippen molar-refractivity contribution in [1.82, 2.24) is 9.21 Å². The molecule has 0 spiro atoms. The van der Waals surface area contributed by atoms with Crippen LogP contribution in [0.5, 0.6) is 0 Å². The molecule has 1 aromatic carbocycles. The fourth-order valence-electron chi connectivity index (χ4n) is 4.14. The van der Waals surface area contributed by atoms with Crippen molar-refractivity contribution < 1.29 is 22.3 Å². The number of likely N-dealkylation sites (tertiary alicyclic amines) is 1. The Morgan fingerprint density at radius 3 is 2.44 bits per heavy atom. The van der Waals surface area contributed by atoms with Gasteiger partial charge in [0.1, 0.15) is 5.82 Å². The van der Waals surface area contributed by atoms with Gasteiger partial charge in [-0.1, -0.05) is 12.1 Å². The Kier molecular flexibility index (Phi) is 5.88. The number of benzene rings is 1. The Hall–Kier alpha value is -1.51. The summed E-state index contributed by atoms with van der Waals surface area (Å²) in [5.41, 5.74) is -0.0678. The largest absolute Gasteiger partial charge is 0.381 e. The second kappa shape index (κ2) is 7.85. The molecule has 2 heterocycles. The van der Waals surface area contributed by atoms with E-state index in [0.29, 0.717) is 57.6 Å². The average molecular weight is 399 g/mol. The van der Waals surface area contributed by atoms with Crippen LogP contribution in [0.2, 0.25) is 0 Å². The van der Waals surface area contributed by atoms with Crippen molar-refractivity contribution in [2.24, 2.45) is 0 Å². The number of amides is 1. The van der Waals surface area contributed by atoms with Crippen LogP contribution in [0.25, 0.3) is 0 Å². The number of hydrogen-bond acceptors (Lipinski definition) is 4. The average Bonchev–Trinajstić information content (AvgIpc) is 2.67. The standard InChI is InChI=1S/C19H27FN2O4S/c1-21(27(2,24)25)17-6-10-22(11-7-17)18(23)19(8-12-26-13-9-19)15-4-3-5-16(20)14-15/h3-5,14,17H,6-13H2,1-2H3. The maximum absolute atomic E-state index is 13.8. The minimum absolute atomic E-state index is 0.00291. The Balaban J connectivity index is 1.78. The van der Waals surface area contributed by atoms with Gasteiger partial charge in [0, 0.05) is 39.4 Å². The lowest BCUT2D eigenvalue weighted by molar-refractivity contribution is -0.142. The van der Waals surface area contributed by atoms with E-state index in [1.165, 1.54) is 22.7 Å². The molecule has 2 aliphatic heterocycles. The van der Waals surface area contributed by atoms with Crippen LogP contribution in [0.1, 0.15) is 31.2 Å². The molecule has 150 valence electrons. The van der Waals surface area contributed by atoms with Gasteiger partial charge >= 0.3 is 0 Å². The molecule has 0 saturated carbocycles. The van der Waals surface area contributed by atoms with Crippen LogP contribution in [0.4, 0.5) is 4.39 Å². The minimum atomic E-state index is -3.25. The van der Waals surface area contributed by atoms with E-state index in [-0.39, 0.29) is 17.8 Å². The van der Waals surface area contributed by atoms with E-state index in [4.69, 9.17) is 4.74 Å². The molecule has 0 radical (unpaired) electrons. The van der Waals surface area contributed by atoms with Crippen molar-refractivity contribution in [1.29, 1.82) is 0 Å². The van der Waals surface area contributed by atoms with Gasteiger partial charge in [0.15, 0.2) is 0 Å². The monoisotopic (exact) mass is 398 g/mol. The van der Waals surface area contributed by atoms with Crippen molar-refractivity contribution in [2.45, 2.75) is 37.1 Å². The fourth-order valence-corrected chi connectivity index (χ4v) is 4.89. The third-order valence-electron chi connectivity index (χ3n) is 5.92. The first-order valence-electron chi connectivity index (χ1n) is 9.30. The quantitative estimate of drug-likeness (QED) is 0.775. The van der Waals surface area contributed by atoms with E-state index in [1.54, 1.807) is 13.1 Å². The number of carbonyl (C=O) groups is 1. The molecule has 2 saturated heterocycles. The lowest BCUT2D eigenvalue weighted by Crippen LogP contribution is -2.54. The van der Waals surface area contributed by atoms with Gasteiger partial charge < -0.3 is 9.64 Å². The van der Waals surface area contributed by atoms with Gasteiger partial charge in [-0.15, -0.1) is 0 Å². The summed E-state index contributed by atoms with van der Waals surface area (Å²) in [6.45, 7) is 1.94. The van der Waals surface area contributed by atoms with Gasteiger partial charge in [0.25, 0.3) is 0 Å². The highest BCUT2D eigenvalue weighted by molar-refractivity contribution is 7.88. The highest BCUT2D eigenvalue weighted by atomic mass is 32.2. The lowest BCUT2D eigenvalue weighted by atomic mass is 9.72. The van der Waals surface area contributed by atoms with Gasteiger partial charge in [-0.25, -0.2) is 17.1 Å². The number of nitrogens with zero attached hydrogens (tertiary/aromatic N) is 2. The number of halogens is 1. The van der Waals surface area contributed by atoms with Crippen LogP contribution >= 0.6 is 0 Å². The molecule has 3 rings (SSSR count). The molecule has 0 aliphatic carbocycles. The van der Waals surface area contributed by atoms with E-state index < -0.39 is 15.4 Å². The number of piperidine rings is 1. The Morgan fingerprint density at radius 1 is 1.26 bits per heavy atom.